The molecule has 1 aliphatic rings. The molecule has 0 aliphatic carbocycles. The van der Waals surface area contributed by atoms with Crippen molar-refractivity contribution in [3.05, 3.63) is 51.5 Å². The number of likely N-dealkylation sites (tertiary alicyclic amines) is 1. The first-order chi connectivity index (χ1) is 13.7. The van der Waals surface area contributed by atoms with E-state index in [2.05, 4.69) is 69.0 Å². The average Bonchev–Trinajstić information content (AvgIpc) is 3.14. The third-order valence-corrected chi connectivity index (χ3v) is 6.31. The second-order valence-corrected chi connectivity index (χ2v) is 8.57. The summed E-state index contributed by atoms with van der Waals surface area (Å²) < 4.78 is 0. The monoisotopic (exact) mass is 399 g/mol. The van der Waals surface area contributed by atoms with Gasteiger partial charge in [-0.25, -0.2) is 4.98 Å². The van der Waals surface area contributed by atoms with Gasteiger partial charge in [0.15, 0.2) is 5.96 Å². The smallest absolute Gasteiger partial charge is 0.191 e. The van der Waals surface area contributed by atoms with Gasteiger partial charge in [-0.15, -0.1) is 11.3 Å². The third kappa shape index (κ3) is 6.04. The lowest BCUT2D eigenvalue weighted by molar-refractivity contribution is 0.176. The van der Waals surface area contributed by atoms with Gasteiger partial charge in [0.05, 0.1) is 10.7 Å². The fraction of sp³-hybridized carbons (Fsp3) is 0.545. The lowest BCUT2D eigenvalue weighted by Crippen LogP contribution is -2.42. The first-order valence-electron chi connectivity index (χ1n) is 10.3. The molecule has 5 nitrogen and oxygen atoms in total. The Morgan fingerprint density at radius 2 is 1.96 bits per heavy atom. The topological polar surface area (TPSA) is 52.6 Å². The van der Waals surface area contributed by atoms with Gasteiger partial charge in [0.25, 0.3) is 0 Å². The number of benzene rings is 1. The molecule has 0 amide bonds. The van der Waals surface area contributed by atoms with Gasteiger partial charge in [-0.2, -0.15) is 0 Å². The number of aliphatic imine (C=N–C) groups is 1. The van der Waals surface area contributed by atoms with Crippen LogP contribution in [0.1, 0.15) is 41.6 Å². The van der Waals surface area contributed by atoms with Crippen LogP contribution in [0.4, 0.5) is 0 Å². The Morgan fingerprint density at radius 1 is 1.21 bits per heavy atom. The summed E-state index contributed by atoms with van der Waals surface area (Å²) >= 11 is 1.74. The van der Waals surface area contributed by atoms with Gasteiger partial charge in [-0.3, -0.25) is 9.89 Å². The summed E-state index contributed by atoms with van der Waals surface area (Å²) in [6.07, 6.45) is 3.51. The Balaban J connectivity index is 1.38. The molecule has 1 aromatic heterocycles. The highest BCUT2D eigenvalue weighted by molar-refractivity contribution is 7.09. The van der Waals surface area contributed by atoms with E-state index in [-0.39, 0.29) is 0 Å². The number of nitrogens with zero attached hydrogens (tertiary/aromatic N) is 3. The number of hydrogen-bond acceptors (Lipinski definition) is 4. The molecule has 1 fully saturated rings. The summed E-state index contributed by atoms with van der Waals surface area (Å²) in [6, 6.07) is 8.61. The Morgan fingerprint density at radius 3 is 2.61 bits per heavy atom. The Hall–Kier alpha value is -1.92. The lowest BCUT2D eigenvalue weighted by Gasteiger charge is -2.31. The van der Waals surface area contributed by atoms with Gasteiger partial charge in [-0.1, -0.05) is 31.2 Å². The number of hydrogen-bond donors (Lipinski definition) is 2. The van der Waals surface area contributed by atoms with E-state index < -0.39 is 0 Å². The molecular weight excluding hydrogens is 366 g/mol. The third-order valence-electron chi connectivity index (χ3n) is 5.49. The van der Waals surface area contributed by atoms with Crippen LogP contribution in [-0.2, 0) is 19.5 Å². The molecule has 1 aliphatic heterocycles. The molecule has 0 bridgehead atoms. The summed E-state index contributed by atoms with van der Waals surface area (Å²) in [6.45, 7) is 9.37. The fourth-order valence-electron chi connectivity index (χ4n) is 3.77. The number of aryl methyl sites for hydroxylation is 2. The highest BCUT2D eigenvalue weighted by Crippen LogP contribution is 2.19. The van der Waals surface area contributed by atoms with Crippen LogP contribution in [0.15, 0.2) is 34.6 Å². The normalized spacial score (nSPS) is 16.3. The second kappa shape index (κ2) is 10.6. The van der Waals surface area contributed by atoms with Crippen molar-refractivity contribution in [3.63, 3.8) is 0 Å². The highest BCUT2D eigenvalue weighted by Gasteiger charge is 2.20. The van der Waals surface area contributed by atoms with Crippen LogP contribution in [0.25, 0.3) is 0 Å². The molecule has 0 saturated carbocycles. The molecule has 3 rings (SSSR count). The van der Waals surface area contributed by atoms with Crippen molar-refractivity contribution >= 4 is 17.3 Å². The van der Waals surface area contributed by atoms with E-state index in [1.165, 1.54) is 29.7 Å². The molecular formula is C22H33N5S. The predicted octanol–water partition coefficient (Wildman–Crippen LogP) is 3.59. The van der Waals surface area contributed by atoms with Gasteiger partial charge < -0.3 is 10.6 Å². The average molecular weight is 400 g/mol. The molecule has 0 spiro atoms. The van der Waals surface area contributed by atoms with E-state index in [1.54, 1.807) is 11.3 Å². The van der Waals surface area contributed by atoms with Gasteiger partial charge >= 0.3 is 0 Å². The first-order valence-corrected chi connectivity index (χ1v) is 11.2. The Labute approximate surface area is 173 Å². The van der Waals surface area contributed by atoms with Crippen molar-refractivity contribution in [2.75, 3.05) is 26.7 Å². The van der Waals surface area contributed by atoms with E-state index >= 15 is 0 Å². The predicted molar refractivity (Wildman–Crippen MR) is 119 cm³/mol. The molecule has 2 aromatic rings. The van der Waals surface area contributed by atoms with Crippen molar-refractivity contribution in [1.82, 2.24) is 20.5 Å². The maximum Gasteiger partial charge on any atom is 0.191 e. The van der Waals surface area contributed by atoms with Crippen LogP contribution < -0.4 is 10.6 Å². The lowest BCUT2D eigenvalue weighted by atomic mass is 9.97. The molecule has 152 valence electrons. The van der Waals surface area contributed by atoms with E-state index in [9.17, 15) is 0 Å². The largest absolute Gasteiger partial charge is 0.356 e. The molecule has 0 atom stereocenters. The fourth-order valence-corrected chi connectivity index (χ4v) is 4.38. The molecule has 2 heterocycles. The van der Waals surface area contributed by atoms with Gasteiger partial charge in [-0.05, 0) is 56.3 Å². The number of thiazole rings is 1. The quantitative estimate of drug-likeness (QED) is 0.552. The highest BCUT2D eigenvalue weighted by atomic mass is 32.1. The van der Waals surface area contributed by atoms with Crippen LogP contribution >= 0.6 is 11.3 Å². The van der Waals surface area contributed by atoms with E-state index in [4.69, 9.17) is 0 Å². The van der Waals surface area contributed by atoms with Crippen molar-refractivity contribution in [3.8, 4) is 0 Å². The molecule has 0 unspecified atom stereocenters. The molecule has 0 radical (unpaired) electrons. The number of guanidine groups is 1. The zero-order valence-electron chi connectivity index (χ0n) is 17.4. The van der Waals surface area contributed by atoms with Crippen molar-refractivity contribution < 1.29 is 0 Å². The van der Waals surface area contributed by atoms with Gasteiger partial charge in [0, 0.05) is 32.1 Å². The standard InChI is InChI=1S/C22H33N5S/c1-4-19-7-5-6-8-20(19)14-25-22(23-3)24-13-18-9-11-27(12-10-18)15-21-16-28-17(2)26-21/h5-8,16,18H,4,9-15H2,1-3H3,(H2,23,24,25). The van der Waals surface area contributed by atoms with E-state index in [0.29, 0.717) is 5.92 Å². The molecule has 1 aromatic carbocycles. The molecule has 6 heteroatoms. The van der Waals surface area contributed by atoms with Crippen LogP contribution in [0.3, 0.4) is 0 Å². The summed E-state index contributed by atoms with van der Waals surface area (Å²) in [5.41, 5.74) is 3.96. The second-order valence-electron chi connectivity index (χ2n) is 7.51. The summed E-state index contributed by atoms with van der Waals surface area (Å²) in [4.78, 5) is 11.5. The minimum absolute atomic E-state index is 0.704. The SMILES string of the molecule is CCc1ccccc1CNC(=NC)NCC1CCN(Cc2csc(C)n2)CC1. The van der Waals surface area contributed by atoms with E-state index in [0.717, 1.165) is 50.1 Å². The maximum atomic E-state index is 4.59. The van der Waals surface area contributed by atoms with Crippen molar-refractivity contribution in [2.24, 2.45) is 10.9 Å². The minimum Gasteiger partial charge on any atom is -0.356 e. The van der Waals surface area contributed by atoms with Crippen molar-refractivity contribution in [1.29, 1.82) is 0 Å². The summed E-state index contributed by atoms with van der Waals surface area (Å²) in [5, 5.41) is 10.3. The summed E-state index contributed by atoms with van der Waals surface area (Å²) in [7, 11) is 1.85. The molecule has 28 heavy (non-hydrogen) atoms. The van der Waals surface area contributed by atoms with E-state index in [1.807, 2.05) is 7.05 Å². The van der Waals surface area contributed by atoms with Crippen LogP contribution in [-0.4, -0.2) is 42.5 Å². The zero-order chi connectivity index (χ0) is 19.8. The van der Waals surface area contributed by atoms with Gasteiger partial charge in [0.1, 0.15) is 0 Å². The minimum atomic E-state index is 0.704. The van der Waals surface area contributed by atoms with Crippen molar-refractivity contribution in [2.45, 2.75) is 46.2 Å². The number of nitrogens with one attached hydrogen (secondary N) is 2. The van der Waals surface area contributed by atoms with Gasteiger partial charge in [0.2, 0.25) is 0 Å². The summed E-state index contributed by atoms with van der Waals surface area (Å²) in [5.74, 6) is 1.60. The Kier molecular flexibility index (Phi) is 7.86. The molecule has 1 saturated heterocycles. The Bertz CT molecular complexity index is 762. The van der Waals surface area contributed by atoms with Crippen LogP contribution in [0.2, 0.25) is 0 Å². The number of piperidine rings is 1. The zero-order valence-corrected chi connectivity index (χ0v) is 18.2. The number of rotatable bonds is 7. The molecule has 2 N–H and O–H groups in total. The maximum absolute atomic E-state index is 4.59. The van der Waals surface area contributed by atoms with Crippen LogP contribution in [0.5, 0.6) is 0 Å². The van der Waals surface area contributed by atoms with Crippen LogP contribution in [0, 0.1) is 12.8 Å². The first kappa shape index (κ1) is 20.8. The number of aromatic nitrogens is 1.